The predicted octanol–water partition coefficient (Wildman–Crippen LogP) is 2.89. The Morgan fingerprint density at radius 1 is 1.10 bits per heavy atom. The summed E-state index contributed by atoms with van der Waals surface area (Å²) in [5.41, 5.74) is 1.91. The number of esters is 1. The minimum Gasteiger partial charge on any atom is -0.466 e. The van der Waals surface area contributed by atoms with E-state index in [2.05, 4.69) is 4.72 Å². The van der Waals surface area contributed by atoms with E-state index < -0.39 is 10.0 Å². The Morgan fingerprint density at radius 3 is 2.42 bits per heavy atom. The van der Waals surface area contributed by atoms with Crippen LogP contribution in [0.4, 0.5) is 0 Å². The highest BCUT2D eigenvalue weighted by Crippen LogP contribution is 2.23. The van der Waals surface area contributed by atoms with E-state index in [0.717, 1.165) is 5.56 Å². The molecule has 0 spiro atoms. The first kappa shape index (κ1) is 23.0. The van der Waals surface area contributed by atoms with Crippen molar-refractivity contribution in [2.45, 2.75) is 38.1 Å². The summed E-state index contributed by atoms with van der Waals surface area (Å²) in [6.07, 6.45) is 1.08. The van der Waals surface area contributed by atoms with E-state index in [9.17, 15) is 18.0 Å². The van der Waals surface area contributed by atoms with E-state index in [1.165, 1.54) is 12.1 Å². The number of aryl methyl sites for hydroxylation is 1. The number of rotatable bonds is 7. The summed E-state index contributed by atoms with van der Waals surface area (Å²) < 4.78 is 33.2. The molecule has 1 heterocycles. The lowest BCUT2D eigenvalue weighted by molar-refractivity contribution is -0.149. The van der Waals surface area contributed by atoms with E-state index in [4.69, 9.17) is 4.74 Å². The lowest BCUT2D eigenvalue weighted by Gasteiger charge is -2.31. The molecular weight excluding hydrogens is 416 g/mol. The molecule has 0 bridgehead atoms. The third-order valence-electron chi connectivity index (χ3n) is 5.46. The second-order valence-corrected chi connectivity index (χ2v) is 9.37. The predicted molar refractivity (Wildman–Crippen MR) is 117 cm³/mol. The number of amides is 1. The normalized spacial score (nSPS) is 15.0. The molecule has 1 aliphatic rings. The van der Waals surface area contributed by atoms with Crippen LogP contribution in [0.3, 0.4) is 0 Å². The highest BCUT2D eigenvalue weighted by molar-refractivity contribution is 7.89. The summed E-state index contributed by atoms with van der Waals surface area (Å²) in [6, 6.07) is 13.8. The van der Waals surface area contributed by atoms with Gasteiger partial charge < -0.3 is 9.64 Å². The van der Waals surface area contributed by atoms with Gasteiger partial charge in [0, 0.05) is 25.2 Å². The largest absolute Gasteiger partial charge is 0.466 e. The van der Waals surface area contributed by atoms with Crippen LogP contribution in [-0.2, 0) is 26.1 Å². The fraction of sp³-hybridized carbons (Fsp3) is 0.391. The molecule has 2 aromatic rings. The van der Waals surface area contributed by atoms with Crippen LogP contribution in [0.5, 0.6) is 0 Å². The Kier molecular flexibility index (Phi) is 7.46. The van der Waals surface area contributed by atoms with Crippen LogP contribution < -0.4 is 4.72 Å². The summed E-state index contributed by atoms with van der Waals surface area (Å²) in [5.74, 6) is -0.637. The molecular formula is C23H28N2O5S. The van der Waals surface area contributed by atoms with Crippen molar-refractivity contribution in [1.82, 2.24) is 9.62 Å². The lowest BCUT2D eigenvalue weighted by Crippen LogP contribution is -2.41. The Bertz CT molecular complexity index is 1030. The molecule has 1 N–H and O–H groups in total. The number of nitrogens with zero attached hydrogens (tertiary/aromatic N) is 1. The van der Waals surface area contributed by atoms with Crippen LogP contribution in [0.15, 0.2) is 53.4 Å². The van der Waals surface area contributed by atoms with Crippen molar-refractivity contribution < 1.29 is 22.7 Å². The monoisotopic (exact) mass is 444 g/mol. The van der Waals surface area contributed by atoms with Gasteiger partial charge in [0.25, 0.3) is 5.91 Å². The number of ether oxygens (including phenoxy) is 1. The first-order chi connectivity index (χ1) is 14.8. The third kappa shape index (κ3) is 5.71. The maximum atomic E-state index is 13.1. The van der Waals surface area contributed by atoms with Crippen LogP contribution in [0.2, 0.25) is 0 Å². The van der Waals surface area contributed by atoms with Crippen molar-refractivity contribution in [3.8, 4) is 0 Å². The number of likely N-dealkylation sites (tertiary alicyclic amines) is 1. The molecule has 3 rings (SSSR count). The van der Waals surface area contributed by atoms with Gasteiger partial charge in [-0.1, -0.05) is 36.4 Å². The number of carbonyl (C=O) groups excluding carboxylic acids is 2. The van der Waals surface area contributed by atoms with Gasteiger partial charge in [0.05, 0.1) is 17.4 Å². The number of hydrogen-bond acceptors (Lipinski definition) is 5. The van der Waals surface area contributed by atoms with Gasteiger partial charge in [0.15, 0.2) is 0 Å². The molecule has 0 saturated carbocycles. The highest BCUT2D eigenvalue weighted by atomic mass is 32.2. The van der Waals surface area contributed by atoms with Crippen LogP contribution in [0, 0.1) is 12.8 Å². The second-order valence-electron chi connectivity index (χ2n) is 7.61. The van der Waals surface area contributed by atoms with Crippen molar-refractivity contribution >= 4 is 21.9 Å². The molecule has 0 unspecified atom stereocenters. The number of benzene rings is 2. The molecule has 0 aromatic heterocycles. The van der Waals surface area contributed by atoms with Gasteiger partial charge in [0.2, 0.25) is 10.0 Å². The number of carbonyl (C=O) groups is 2. The molecule has 166 valence electrons. The van der Waals surface area contributed by atoms with Gasteiger partial charge >= 0.3 is 5.97 Å². The van der Waals surface area contributed by atoms with Gasteiger partial charge in [-0.25, -0.2) is 13.1 Å². The fourth-order valence-corrected chi connectivity index (χ4v) is 4.65. The third-order valence-corrected chi connectivity index (χ3v) is 6.86. The van der Waals surface area contributed by atoms with Crippen molar-refractivity contribution in [2.24, 2.45) is 5.92 Å². The summed E-state index contributed by atoms with van der Waals surface area (Å²) in [7, 11) is -3.77. The molecule has 0 aliphatic carbocycles. The summed E-state index contributed by atoms with van der Waals surface area (Å²) in [6.45, 7) is 4.94. The van der Waals surface area contributed by atoms with Crippen LogP contribution in [-0.4, -0.2) is 44.9 Å². The number of nitrogens with one attached hydrogen (secondary N) is 1. The molecule has 1 fully saturated rings. The summed E-state index contributed by atoms with van der Waals surface area (Å²) in [4.78, 5) is 26.7. The van der Waals surface area contributed by atoms with E-state index in [0.29, 0.717) is 43.7 Å². The van der Waals surface area contributed by atoms with Gasteiger partial charge in [0.1, 0.15) is 0 Å². The maximum Gasteiger partial charge on any atom is 0.309 e. The molecule has 1 saturated heterocycles. The van der Waals surface area contributed by atoms with E-state index in [-0.39, 0.29) is 29.2 Å². The first-order valence-electron chi connectivity index (χ1n) is 10.4. The SMILES string of the molecule is CCOC(=O)C1CCN(C(=O)c2cc(S(=O)(=O)NCc3ccccc3)ccc2C)CC1. The maximum absolute atomic E-state index is 13.1. The number of piperidine rings is 1. The van der Waals surface area contributed by atoms with Crippen LogP contribution >= 0.6 is 0 Å². The minimum atomic E-state index is -3.77. The zero-order valence-corrected chi connectivity index (χ0v) is 18.7. The number of sulfonamides is 1. The molecule has 31 heavy (non-hydrogen) atoms. The molecule has 0 radical (unpaired) electrons. The molecule has 1 aliphatic heterocycles. The van der Waals surface area contributed by atoms with Gasteiger partial charge in [-0.3, -0.25) is 9.59 Å². The van der Waals surface area contributed by atoms with E-state index in [1.807, 2.05) is 30.3 Å². The van der Waals surface area contributed by atoms with E-state index >= 15 is 0 Å². The molecule has 7 nitrogen and oxygen atoms in total. The number of hydrogen-bond donors (Lipinski definition) is 1. The Balaban J connectivity index is 1.70. The second kappa shape index (κ2) is 10.1. The molecule has 2 aromatic carbocycles. The molecule has 8 heteroatoms. The molecule has 1 amide bonds. The Morgan fingerprint density at radius 2 is 1.77 bits per heavy atom. The van der Waals surface area contributed by atoms with Crippen molar-refractivity contribution in [3.63, 3.8) is 0 Å². The van der Waals surface area contributed by atoms with Crippen LogP contribution in [0.1, 0.15) is 41.3 Å². The summed E-state index contributed by atoms with van der Waals surface area (Å²) in [5, 5.41) is 0. The van der Waals surface area contributed by atoms with Gasteiger partial charge in [-0.05, 0) is 49.9 Å². The average Bonchev–Trinajstić information content (AvgIpc) is 2.78. The smallest absolute Gasteiger partial charge is 0.309 e. The van der Waals surface area contributed by atoms with Gasteiger partial charge in [-0.2, -0.15) is 0 Å². The van der Waals surface area contributed by atoms with Crippen LogP contribution in [0.25, 0.3) is 0 Å². The topological polar surface area (TPSA) is 92.8 Å². The minimum absolute atomic E-state index is 0.0544. The first-order valence-corrected chi connectivity index (χ1v) is 11.9. The van der Waals surface area contributed by atoms with Gasteiger partial charge in [-0.15, -0.1) is 0 Å². The standard InChI is InChI=1S/C23H28N2O5S/c1-3-30-23(27)19-11-13-25(14-12-19)22(26)21-15-20(10-9-17(21)2)31(28,29)24-16-18-7-5-4-6-8-18/h4-10,15,19,24H,3,11-14,16H2,1-2H3. The lowest BCUT2D eigenvalue weighted by atomic mass is 9.96. The Labute approximate surface area is 183 Å². The van der Waals surface area contributed by atoms with Crippen molar-refractivity contribution in [2.75, 3.05) is 19.7 Å². The van der Waals surface area contributed by atoms with Crippen molar-refractivity contribution in [3.05, 3.63) is 65.2 Å². The quantitative estimate of drug-likeness (QED) is 0.663. The zero-order valence-electron chi connectivity index (χ0n) is 17.8. The fourth-order valence-electron chi connectivity index (χ4n) is 3.60. The highest BCUT2D eigenvalue weighted by Gasteiger charge is 2.29. The van der Waals surface area contributed by atoms with E-state index in [1.54, 1.807) is 24.8 Å². The summed E-state index contributed by atoms with van der Waals surface area (Å²) >= 11 is 0. The average molecular weight is 445 g/mol. The molecule has 0 atom stereocenters. The Hall–Kier alpha value is -2.71. The van der Waals surface area contributed by atoms with Crippen molar-refractivity contribution in [1.29, 1.82) is 0 Å². The zero-order chi connectivity index (χ0) is 22.4.